The second-order valence-electron chi connectivity index (χ2n) is 4.04. The number of aryl methyl sites for hydroxylation is 2. The predicted octanol–water partition coefficient (Wildman–Crippen LogP) is 3.18. The van der Waals surface area contributed by atoms with Gasteiger partial charge in [-0.2, -0.15) is 0 Å². The molecule has 0 unspecified atom stereocenters. The molecule has 2 rings (SSSR count). The Hall–Kier alpha value is -1.33. The van der Waals surface area contributed by atoms with Crippen molar-refractivity contribution in [2.24, 2.45) is 5.73 Å². The molecule has 0 aliphatic heterocycles. The van der Waals surface area contributed by atoms with Crippen LogP contribution in [0.1, 0.15) is 22.6 Å². The van der Waals surface area contributed by atoms with Crippen LogP contribution in [-0.4, -0.2) is 4.98 Å². The molecule has 1 aromatic heterocycles. The van der Waals surface area contributed by atoms with E-state index in [-0.39, 0.29) is 5.82 Å². The largest absolute Gasteiger partial charge is 0.437 e. The fourth-order valence-electron chi connectivity index (χ4n) is 1.51. The van der Waals surface area contributed by atoms with Crippen LogP contribution in [0.4, 0.5) is 4.39 Å². The third-order valence-corrected chi connectivity index (χ3v) is 3.58. The zero-order valence-corrected chi connectivity index (χ0v) is 11.2. The molecule has 0 atom stereocenters. The van der Waals surface area contributed by atoms with E-state index in [2.05, 4.69) is 4.98 Å². The van der Waals surface area contributed by atoms with Gasteiger partial charge >= 0.3 is 0 Å². The number of hydrogen-bond donors (Lipinski definition) is 1. The van der Waals surface area contributed by atoms with Crippen LogP contribution in [0, 0.1) is 19.7 Å². The summed E-state index contributed by atoms with van der Waals surface area (Å²) in [5.41, 5.74) is 7.95. The number of benzene rings is 1. The summed E-state index contributed by atoms with van der Waals surface area (Å²) < 4.78 is 19.0. The maximum atomic E-state index is 13.6. The first kappa shape index (κ1) is 13.1. The van der Waals surface area contributed by atoms with Gasteiger partial charge in [0, 0.05) is 12.3 Å². The lowest BCUT2D eigenvalue weighted by Gasteiger charge is -2.03. The Bertz CT molecular complexity index is 534. The summed E-state index contributed by atoms with van der Waals surface area (Å²) in [7, 11) is 0. The van der Waals surface area contributed by atoms with Crippen molar-refractivity contribution in [3.05, 3.63) is 46.6 Å². The van der Waals surface area contributed by atoms with Gasteiger partial charge in [0.15, 0.2) is 0 Å². The number of halogens is 1. The second-order valence-corrected chi connectivity index (χ2v) is 4.97. The third kappa shape index (κ3) is 2.91. The molecular formula is C13H15FN2OS. The molecule has 2 N–H and O–H groups in total. The van der Waals surface area contributed by atoms with Crippen molar-refractivity contribution in [3.63, 3.8) is 0 Å². The Labute approximate surface area is 110 Å². The molecule has 18 heavy (non-hydrogen) atoms. The molecule has 0 fully saturated rings. The molecule has 3 nitrogen and oxygen atoms in total. The summed E-state index contributed by atoms with van der Waals surface area (Å²) in [6, 6.07) is 4.93. The van der Waals surface area contributed by atoms with Crippen LogP contribution in [-0.2, 0) is 12.3 Å². The molecule has 0 saturated heterocycles. The van der Waals surface area contributed by atoms with E-state index in [1.807, 2.05) is 13.8 Å². The lowest BCUT2D eigenvalue weighted by atomic mass is 10.1. The fourth-order valence-corrected chi connectivity index (χ4v) is 2.40. The number of nitrogens with zero attached hydrogens (tertiary/aromatic N) is 1. The zero-order valence-electron chi connectivity index (χ0n) is 10.4. The molecule has 5 heteroatoms. The van der Waals surface area contributed by atoms with Gasteiger partial charge in [0.25, 0.3) is 5.22 Å². The van der Waals surface area contributed by atoms with Gasteiger partial charge < -0.3 is 10.2 Å². The number of thioether (sulfide) groups is 1. The number of oxazole rings is 1. The van der Waals surface area contributed by atoms with E-state index in [9.17, 15) is 4.39 Å². The van der Waals surface area contributed by atoms with Gasteiger partial charge in [0.05, 0.1) is 5.69 Å². The molecule has 0 amide bonds. The average Bonchev–Trinajstić information content (AvgIpc) is 2.68. The summed E-state index contributed by atoms with van der Waals surface area (Å²) in [4.78, 5) is 4.25. The minimum atomic E-state index is -0.222. The Morgan fingerprint density at radius 3 is 2.78 bits per heavy atom. The van der Waals surface area contributed by atoms with Crippen LogP contribution < -0.4 is 5.73 Å². The highest BCUT2D eigenvalue weighted by molar-refractivity contribution is 7.98. The number of aromatic nitrogens is 1. The van der Waals surface area contributed by atoms with Gasteiger partial charge in [-0.25, -0.2) is 9.37 Å². The van der Waals surface area contributed by atoms with Gasteiger partial charge in [-0.15, -0.1) is 0 Å². The molecule has 0 radical (unpaired) electrons. The zero-order chi connectivity index (χ0) is 13.1. The monoisotopic (exact) mass is 266 g/mol. The van der Waals surface area contributed by atoms with E-state index in [1.54, 1.807) is 12.1 Å². The Morgan fingerprint density at radius 2 is 2.17 bits per heavy atom. The van der Waals surface area contributed by atoms with E-state index in [1.165, 1.54) is 17.8 Å². The van der Waals surface area contributed by atoms with E-state index in [0.717, 1.165) is 17.0 Å². The van der Waals surface area contributed by atoms with Gasteiger partial charge in [-0.05, 0) is 31.0 Å². The Kier molecular flexibility index (Phi) is 4.04. The van der Waals surface area contributed by atoms with Crippen LogP contribution in [0.3, 0.4) is 0 Å². The molecule has 0 spiro atoms. The lowest BCUT2D eigenvalue weighted by Crippen LogP contribution is -1.98. The first-order valence-corrected chi connectivity index (χ1v) is 6.63. The van der Waals surface area contributed by atoms with E-state index in [0.29, 0.717) is 23.1 Å². The van der Waals surface area contributed by atoms with Crippen LogP contribution in [0.25, 0.3) is 0 Å². The molecule has 0 aliphatic carbocycles. The summed E-state index contributed by atoms with van der Waals surface area (Å²) >= 11 is 1.38. The molecule has 0 aliphatic rings. The Morgan fingerprint density at radius 1 is 1.39 bits per heavy atom. The second kappa shape index (κ2) is 5.54. The highest BCUT2D eigenvalue weighted by Crippen LogP contribution is 2.25. The average molecular weight is 266 g/mol. The van der Waals surface area contributed by atoms with E-state index >= 15 is 0 Å². The molecule has 1 aromatic carbocycles. The van der Waals surface area contributed by atoms with Crippen LogP contribution in [0.5, 0.6) is 0 Å². The van der Waals surface area contributed by atoms with E-state index < -0.39 is 0 Å². The predicted molar refractivity (Wildman–Crippen MR) is 69.8 cm³/mol. The Balaban J connectivity index is 2.10. The van der Waals surface area contributed by atoms with Crippen molar-refractivity contribution in [1.82, 2.24) is 4.98 Å². The fraction of sp³-hybridized carbons (Fsp3) is 0.308. The van der Waals surface area contributed by atoms with Crippen molar-refractivity contribution >= 4 is 11.8 Å². The molecule has 1 heterocycles. The quantitative estimate of drug-likeness (QED) is 0.863. The van der Waals surface area contributed by atoms with Crippen molar-refractivity contribution in [1.29, 1.82) is 0 Å². The van der Waals surface area contributed by atoms with E-state index in [4.69, 9.17) is 10.2 Å². The number of nitrogens with two attached hydrogens (primary N) is 1. The highest BCUT2D eigenvalue weighted by atomic mass is 32.2. The molecule has 0 bridgehead atoms. The van der Waals surface area contributed by atoms with Crippen molar-refractivity contribution in [2.45, 2.75) is 31.4 Å². The smallest absolute Gasteiger partial charge is 0.256 e. The summed E-state index contributed by atoms with van der Waals surface area (Å²) in [5.74, 6) is 1.06. The van der Waals surface area contributed by atoms with Crippen LogP contribution >= 0.6 is 11.8 Å². The van der Waals surface area contributed by atoms with Crippen LogP contribution in [0.15, 0.2) is 27.8 Å². The summed E-state index contributed by atoms with van der Waals surface area (Å²) in [6.07, 6.45) is 0. The summed E-state index contributed by atoms with van der Waals surface area (Å²) in [5, 5.41) is 0.572. The van der Waals surface area contributed by atoms with Crippen molar-refractivity contribution < 1.29 is 8.81 Å². The maximum absolute atomic E-state index is 13.6. The number of rotatable bonds is 4. The molecular weight excluding hydrogens is 251 g/mol. The lowest BCUT2D eigenvalue weighted by molar-refractivity contribution is 0.431. The van der Waals surface area contributed by atoms with Gasteiger partial charge in [-0.1, -0.05) is 23.9 Å². The SMILES string of the molecule is Cc1nc(SCc2cc(CN)ccc2F)oc1C. The number of hydrogen-bond acceptors (Lipinski definition) is 4. The highest BCUT2D eigenvalue weighted by Gasteiger charge is 2.09. The third-order valence-electron chi connectivity index (χ3n) is 2.71. The van der Waals surface area contributed by atoms with Gasteiger partial charge in [-0.3, -0.25) is 0 Å². The minimum absolute atomic E-state index is 0.222. The van der Waals surface area contributed by atoms with Crippen molar-refractivity contribution in [2.75, 3.05) is 0 Å². The van der Waals surface area contributed by atoms with Gasteiger partial charge in [0.2, 0.25) is 0 Å². The standard InChI is InChI=1S/C13H15FN2OS/c1-8-9(2)17-13(16-8)18-7-11-5-10(6-15)3-4-12(11)14/h3-5H,6-7,15H2,1-2H3. The molecule has 0 saturated carbocycles. The normalized spacial score (nSPS) is 10.9. The first-order valence-electron chi connectivity index (χ1n) is 5.64. The first-order chi connectivity index (χ1) is 8.60. The van der Waals surface area contributed by atoms with Gasteiger partial charge in [0.1, 0.15) is 11.6 Å². The topological polar surface area (TPSA) is 52.0 Å². The van der Waals surface area contributed by atoms with Crippen LogP contribution in [0.2, 0.25) is 0 Å². The molecule has 96 valence electrons. The summed E-state index contributed by atoms with van der Waals surface area (Å²) in [6.45, 7) is 4.16. The van der Waals surface area contributed by atoms with Crippen molar-refractivity contribution in [3.8, 4) is 0 Å². The maximum Gasteiger partial charge on any atom is 0.256 e. The minimum Gasteiger partial charge on any atom is -0.437 e. The molecule has 2 aromatic rings.